The first-order valence-corrected chi connectivity index (χ1v) is 9.40. The van der Waals surface area contributed by atoms with Crippen molar-refractivity contribution >= 4 is 15.5 Å². The summed E-state index contributed by atoms with van der Waals surface area (Å²) in [6.07, 6.45) is -0.00723. The molecule has 1 aromatic carbocycles. The molecule has 1 fully saturated rings. The van der Waals surface area contributed by atoms with Crippen LogP contribution in [0, 0.1) is 11.7 Å². The summed E-state index contributed by atoms with van der Waals surface area (Å²) in [6, 6.07) is 2.01. The van der Waals surface area contributed by atoms with Gasteiger partial charge in [-0.05, 0) is 30.5 Å². The van der Waals surface area contributed by atoms with Crippen molar-refractivity contribution in [2.75, 3.05) is 23.8 Å². The fourth-order valence-corrected chi connectivity index (χ4v) is 4.70. The topological polar surface area (TPSA) is 116 Å². The normalized spacial score (nSPS) is 26.9. The lowest BCUT2D eigenvalue weighted by molar-refractivity contribution is 0.0922. The molecule has 0 saturated carbocycles. The van der Waals surface area contributed by atoms with Crippen molar-refractivity contribution in [2.24, 2.45) is 11.7 Å². The van der Waals surface area contributed by atoms with Gasteiger partial charge in [0.05, 0.1) is 24.2 Å². The van der Waals surface area contributed by atoms with Gasteiger partial charge >= 0.3 is 0 Å². The third-order valence-electron chi connectivity index (χ3n) is 3.95. The number of ether oxygens (including phenoxy) is 1. The Hall–Kier alpha value is -1.38. The van der Waals surface area contributed by atoms with E-state index in [1.807, 2.05) is 6.92 Å². The summed E-state index contributed by atoms with van der Waals surface area (Å²) in [5.74, 6) is -1.36. The second-order valence-corrected chi connectivity index (χ2v) is 8.19. The molecule has 5 N–H and O–H groups in total. The van der Waals surface area contributed by atoms with Gasteiger partial charge in [0, 0.05) is 12.0 Å². The summed E-state index contributed by atoms with van der Waals surface area (Å²) in [4.78, 5) is 0. The first kappa shape index (κ1) is 18.0. The molecule has 1 saturated heterocycles. The van der Waals surface area contributed by atoms with Crippen molar-refractivity contribution in [1.29, 1.82) is 0 Å². The number of hydrogen-bond acceptors (Lipinski definition) is 6. The van der Waals surface area contributed by atoms with Crippen molar-refractivity contribution in [3.63, 3.8) is 0 Å². The quantitative estimate of drug-likeness (QED) is 0.668. The molecule has 0 aliphatic carbocycles. The van der Waals surface area contributed by atoms with Crippen LogP contribution < -0.4 is 16.2 Å². The standard InChI is InChI=1S/C15H23FN2O4S/c1-2-3-22-13-6-9(5-11(16)14(13)18)4-10-7-23(20,21)8-12(17)15(10)19/h5-6,10,12,15,19H,2-4,7-8,17-18H2,1H3/t10-,12+,15+/m1/s1. The highest BCUT2D eigenvalue weighted by atomic mass is 32.2. The van der Waals surface area contributed by atoms with E-state index in [0.29, 0.717) is 12.2 Å². The van der Waals surface area contributed by atoms with Crippen LogP contribution in [-0.4, -0.2) is 43.8 Å². The van der Waals surface area contributed by atoms with E-state index in [4.69, 9.17) is 16.2 Å². The molecule has 0 amide bonds. The zero-order valence-electron chi connectivity index (χ0n) is 13.0. The van der Waals surface area contributed by atoms with Gasteiger partial charge in [0.1, 0.15) is 17.3 Å². The number of nitrogens with two attached hydrogens (primary N) is 2. The number of aliphatic hydroxyl groups excluding tert-OH is 1. The van der Waals surface area contributed by atoms with E-state index in [0.717, 1.165) is 6.42 Å². The minimum atomic E-state index is -3.31. The maximum absolute atomic E-state index is 13.9. The molecule has 0 bridgehead atoms. The van der Waals surface area contributed by atoms with Gasteiger partial charge in [-0.3, -0.25) is 0 Å². The SMILES string of the molecule is CCCOc1cc(C[C@@H]2CS(=O)(=O)C[C@H](N)[C@H]2O)cc(F)c1N. The van der Waals surface area contributed by atoms with E-state index in [1.54, 1.807) is 6.07 Å². The van der Waals surface area contributed by atoms with E-state index in [2.05, 4.69) is 0 Å². The van der Waals surface area contributed by atoms with Gasteiger partial charge in [-0.2, -0.15) is 0 Å². The largest absolute Gasteiger partial charge is 0.491 e. The minimum absolute atomic E-state index is 0.0734. The zero-order chi connectivity index (χ0) is 17.2. The number of aliphatic hydroxyl groups is 1. The molecule has 23 heavy (non-hydrogen) atoms. The maximum Gasteiger partial charge on any atom is 0.152 e. The molecule has 1 aromatic rings. The lowest BCUT2D eigenvalue weighted by Crippen LogP contribution is -2.52. The molecule has 0 aromatic heterocycles. The number of sulfone groups is 1. The summed E-state index contributed by atoms with van der Waals surface area (Å²) in [6.45, 7) is 2.32. The lowest BCUT2D eigenvalue weighted by atomic mass is 9.91. The fraction of sp³-hybridized carbons (Fsp3) is 0.600. The average molecular weight is 346 g/mol. The molecule has 3 atom stereocenters. The van der Waals surface area contributed by atoms with Crippen LogP contribution in [0.2, 0.25) is 0 Å². The van der Waals surface area contributed by atoms with E-state index in [1.165, 1.54) is 6.07 Å². The van der Waals surface area contributed by atoms with Gasteiger partial charge in [0.2, 0.25) is 0 Å². The van der Waals surface area contributed by atoms with E-state index in [-0.39, 0.29) is 29.4 Å². The predicted octanol–water partition coefficient (Wildman–Crippen LogP) is 0.472. The van der Waals surface area contributed by atoms with Gasteiger partial charge in [0.25, 0.3) is 0 Å². The zero-order valence-corrected chi connectivity index (χ0v) is 13.9. The molecule has 0 unspecified atom stereocenters. The second-order valence-electron chi connectivity index (χ2n) is 6.03. The van der Waals surface area contributed by atoms with Crippen LogP contribution in [-0.2, 0) is 16.3 Å². The van der Waals surface area contributed by atoms with Crippen molar-refractivity contribution < 1.29 is 22.7 Å². The van der Waals surface area contributed by atoms with Gasteiger partial charge in [-0.25, -0.2) is 12.8 Å². The number of halogens is 1. The summed E-state index contributed by atoms with van der Waals surface area (Å²) in [5.41, 5.74) is 11.8. The first-order valence-electron chi connectivity index (χ1n) is 7.58. The van der Waals surface area contributed by atoms with Crippen molar-refractivity contribution in [3.8, 4) is 5.75 Å². The molecular formula is C15H23FN2O4S. The summed E-state index contributed by atoms with van der Waals surface area (Å²) >= 11 is 0. The van der Waals surface area contributed by atoms with Crippen molar-refractivity contribution in [1.82, 2.24) is 0 Å². The Labute approximate surface area is 135 Å². The number of nitrogen functional groups attached to an aromatic ring is 1. The summed E-state index contributed by atoms with van der Waals surface area (Å²) in [5, 5.41) is 10.1. The number of anilines is 1. The van der Waals surface area contributed by atoms with E-state index in [9.17, 15) is 17.9 Å². The maximum atomic E-state index is 13.9. The molecule has 0 radical (unpaired) electrons. The minimum Gasteiger partial charge on any atom is -0.491 e. The van der Waals surface area contributed by atoms with Crippen LogP contribution in [0.15, 0.2) is 12.1 Å². The smallest absolute Gasteiger partial charge is 0.152 e. The number of hydrogen-bond donors (Lipinski definition) is 3. The Balaban J connectivity index is 2.23. The highest BCUT2D eigenvalue weighted by Crippen LogP contribution is 2.30. The van der Waals surface area contributed by atoms with Gasteiger partial charge in [0.15, 0.2) is 9.84 Å². The molecule has 6 nitrogen and oxygen atoms in total. The predicted molar refractivity (Wildman–Crippen MR) is 86.4 cm³/mol. The Kier molecular flexibility index (Phi) is 5.49. The lowest BCUT2D eigenvalue weighted by Gasteiger charge is -2.32. The summed E-state index contributed by atoms with van der Waals surface area (Å²) in [7, 11) is -3.31. The Morgan fingerprint density at radius 1 is 1.39 bits per heavy atom. The first-order chi connectivity index (χ1) is 10.7. The number of benzene rings is 1. The van der Waals surface area contributed by atoms with Gasteiger partial charge < -0.3 is 21.3 Å². The Bertz CT molecular complexity index is 666. The molecule has 8 heteroatoms. The van der Waals surface area contributed by atoms with Crippen molar-refractivity contribution in [2.45, 2.75) is 31.9 Å². The number of rotatable bonds is 5. The summed E-state index contributed by atoms with van der Waals surface area (Å²) < 4.78 is 43.0. The van der Waals surface area contributed by atoms with Gasteiger partial charge in [-0.15, -0.1) is 0 Å². The Morgan fingerprint density at radius 2 is 2.09 bits per heavy atom. The van der Waals surface area contributed by atoms with Crippen LogP contribution in [0.3, 0.4) is 0 Å². The molecule has 2 rings (SSSR count). The molecule has 1 aliphatic rings. The van der Waals surface area contributed by atoms with Crippen LogP contribution in [0.4, 0.5) is 10.1 Å². The van der Waals surface area contributed by atoms with Crippen LogP contribution in [0.5, 0.6) is 5.75 Å². The molecule has 0 spiro atoms. The third-order valence-corrected chi connectivity index (χ3v) is 5.78. The van der Waals surface area contributed by atoms with Crippen LogP contribution in [0.25, 0.3) is 0 Å². The highest BCUT2D eigenvalue weighted by Gasteiger charge is 2.37. The van der Waals surface area contributed by atoms with E-state index < -0.39 is 33.7 Å². The fourth-order valence-electron chi connectivity index (χ4n) is 2.81. The molecule has 1 heterocycles. The van der Waals surface area contributed by atoms with Gasteiger partial charge in [-0.1, -0.05) is 6.92 Å². The third kappa shape index (κ3) is 4.33. The molecule has 1 aliphatic heterocycles. The molecule has 130 valence electrons. The Morgan fingerprint density at radius 3 is 2.74 bits per heavy atom. The van der Waals surface area contributed by atoms with Crippen LogP contribution >= 0.6 is 0 Å². The average Bonchev–Trinajstić information content (AvgIpc) is 2.45. The molecular weight excluding hydrogens is 323 g/mol. The monoisotopic (exact) mass is 346 g/mol. The highest BCUT2D eigenvalue weighted by molar-refractivity contribution is 7.91. The van der Waals surface area contributed by atoms with E-state index >= 15 is 0 Å². The van der Waals surface area contributed by atoms with Crippen molar-refractivity contribution in [3.05, 3.63) is 23.5 Å². The second kappa shape index (κ2) is 7.02. The van der Waals surface area contributed by atoms with Crippen LogP contribution in [0.1, 0.15) is 18.9 Å².